The average molecular weight is 425 g/mol. The number of benzene rings is 1. The number of hydrogen-bond donors (Lipinski definition) is 1. The molecule has 0 saturated heterocycles. The van der Waals surface area contributed by atoms with Crippen molar-refractivity contribution >= 4 is 29.3 Å². The number of halogens is 5. The summed E-state index contributed by atoms with van der Waals surface area (Å²) in [6, 6.07) is 1.74. The first-order valence-electron chi connectivity index (χ1n) is 6.84. The summed E-state index contributed by atoms with van der Waals surface area (Å²) < 4.78 is 53.3. The van der Waals surface area contributed by atoms with Crippen LogP contribution < -0.4 is 11.2 Å². The highest BCUT2D eigenvalue weighted by Gasteiger charge is 2.35. The lowest BCUT2D eigenvalue weighted by molar-refractivity contribution is -0.144. The van der Waals surface area contributed by atoms with Crippen LogP contribution >= 0.6 is 23.4 Å². The van der Waals surface area contributed by atoms with Gasteiger partial charge in [0, 0.05) is 18.0 Å². The molecule has 2 rings (SSSR count). The molecule has 0 atom stereocenters. The number of alkyl halides is 3. The fourth-order valence-electron chi connectivity index (χ4n) is 2.06. The standard InChI is InChI=1S/C15H9ClF4N2O4S/c1-6(13(24)25)27-10-4-9(8(17)3-7(10)16)22-12(23)5-11(15(18,19)20)21(2)14(22)26/h3-5H,1H2,2H3,(H,24,25). The maximum Gasteiger partial charge on any atom is 0.431 e. The molecular weight excluding hydrogens is 416 g/mol. The lowest BCUT2D eigenvalue weighted by atomic mass is 10.3. The van der Waals surface area contributed by atoms with E-state index >= 15 is 0 Å². The first kappa shape index (κ1) is 20.8. The lowest BCUT2D eigenvalue weighted by Gasteiger charge is -2.15. The number of aromatic nitrogens is 2. The Hall–Kier alpha value is -2.53. The molecule has 6 nitrogen and oxygen atoms in total. The van der Waals surface area contributed by atoms with E-state index in [0.717, 1.165) is 13.1 Å². The number of carboxylic acids is 1. The van der Waals surface area contributed by atoms with Gasteiger partial charge in [-0.05, 0) is 12.1 Å². The molecule has 144 valence electrons. The molecule has 1 aromatic carbocycles. The fourth-order valence-corrected chi connectivity index (χ4v) is 3.01. The predicted molar refractivity (Wildman–Crippen MR) is 89.9 cm³/mol. The van der Waals surface area contributed by atoms with E-state index in [1.54, 1.807) is 0 Å². The zero-order valence-electron chi connectivity index (χ0n) is 13.3. The molecule has 0 aliphatic rings. The molecule has 0 unspecified atom stereocenters. The first-order chi connectivity index (χ1) is 12.3. The predicted octanol–water partition coefficient (Wildman–Crippen LogP) is 3.04. The van der Waals surface area contributed by atoms with Gasteiger partial charge in [-0.1, -0.05) is 29.9 Å². The van der Waals surface area contributed by atoms with E-state index in [9.17, 15) is 31.9 Å². The van der Waals surface area contributed by atoms with Gasteiger partial charge >= 0.3 is 17.8 Å². The van der Waals surface area contributed by atoms with Crippen molar-refractivity contribution in [1.82, 2.24) is 9.13 Å². The maximum atomic E-state index is 14.3. The van der Waals surface area contributed by atoms with Crippen LogP contribution in [0, 0.1) is 5.82 Å². The third-order valence-corrected chi connectivity index (χ3v) is 4.73. The van der Waals surface area contributed by atoms with Gasteiger partial charge in [0.25, 0.3) is 5.56 Å². The molecule has 0 aliphatic carbocycles. The molecule has 0 aliphatic heterocycles. The van der Waals surface area contributed by atoms with E-state index in [-0.39, 0.29) is 30.0 Å². The molecule has 0 bridgehead atoms. The summed E-state index contributed by atoms with van der Waals surface area (Å²) in [6.45, 7) is 3.25. The molecular formula is C15H9ClF4N2O4S. The first-order valence-corrected chi connectivity index (χ1v) is 8.03. The Morgan fingerprint density at radius 1 is 1.26 bits per heavy atom. The largest absolute Gasteiger partial charge is 0.477 e. The molecule has 2 aromatic rings. The quantitative estimate of drug-likeness (QED) is 0.463. The number of carboxylic acid groups (broad SMARTS) is 1. The van der Waals surface area contributed by atoms with Crippen LogP contribution in [0.3, 0.4) is 0 Å². The van der Waals surface area contributed by atoms with Gasteiger partial charge in [0.15, 0.2) is 0 Å². The normalized spacial score (nSPS) is 11.5. The maximum absolute atomic E-state index is 14.3. The highest BCUT2D eigenvalue weighted by atomic mass is 35.5. The molecule has 0 fully saturated rings. The summed E-state index contributed by atoms with van der Waals surface area (Å²) in [6.07, 6.45) is -4.97. The number of aliphatic carboxylic acids is 1. The minimum Gasteiger partial charge on any atom is -0.477 e. The number of rotatable bonds is 4. The molecule has 0 saturated carbocycles. The van der Waals surface area contributed by atoms with Crippen molar-refractivity contribution in [1.29, 1.82) is 0 Å². The zero-order chi connectivity index (χ0) is 20.7. The van der Waals surface area contributed by atoms with Crippen LogP contribution in [-0.2, 0) is 18.0 Å². The van der Waals surface area contributed by atoms with E-state index in [0.29, 0.717) is 17.8 Å². The van der Waals surface area contributed by atoms with Gasteiger partial charge in [-0.3, -0.25) is 9.36 Å². The average Bonchev–Trinajstić information content (AvgIpc) is 2.53. The summed E-state index contributed by atoms with van der Waals surface area (Å²) in [5.41, 5.74) is -5.04. The van der Waals surface area contributed by atoms with Crippen LogP contribution in [0.15, 0.2) is 44.2 Å². The van der Waals surface area contributed by atoms with Crippen molar-refractivity contribution in [3.8, 4) is 5.69 Å². The highest BCUT2D eigenvalue weighted by molar-refractivity contribution is 8.04. The van der Waals surface area contributed by atoms with Gasteiger partial charge in [0.1, 0.15) is 11.5 Å². The van der Waals surface area contributed by atoms with Gasteiger partial charge in [-0.2, -0.15) is 13.2 Å². The number of thioether (sulfide) groups is 1. The number of nitrogens with zero attached hydrogens (tertiary/aromatic N) is 2. The third kappa shape index (κ3) is 4.08. The van der Waals surface area contributed by atoms with Crippen LogP contribution in [0.5, 0.6) is 0 Å². The molecule has 1 aromatic heterocycles. The molecule has 0 spiro atoms. The smallest absolute Gasteiger partial charge is 0.431 e. The van der Waals surface area contributed by atoms with Crippen molar-refractivity contribution in [3.05, 3.63) is 67.1 Å². The summed E-state index contributed by atoms with van der Waals surface area (Å²) >= 11 is 6.34. The van der Waals surface area contributed by atoms with Gasteiger partial charge in [0.05, 0.1) is 15.6 Å². The van der Waals surface area contributed by atoms with Gasteiger partial charge < -0.3 is 5.11 Å². The van der Waals surface area contributed by atoms with E-state index in [1.807, 2.05) is 0 Å². The summed E-state index contributed by atoms with van der Waals surface area (Å²) in [5.74, 6) is -2.55. The Morgan fingerprint density at radius 3 is 2.37 bits per heavy atom. The fraction of sp³-hybridized carbons (Fsp3) is 0.133. The zero-order valence-corrected chi connectivity index (χ0v) is 14.9. The van der Waals surface area contributed by atoms with Crippen molar-refractivity contribution < 1.29 is 27.5 Å². The molecule has 0 amide bonds. The summed E-state index contributed by atoms with van der Waals surface area (Å²) in [4.78, 5) is 34.7. The minimum absolute atomic E-state index is 0.0608. The van der Waals surface area contributed by atoms with Crippen molar-refractivity contribution in [2.75, 3.05) is 0 Å². The van der Waals surface area contributed by atoms with Crippen molar-refractivity contribution in [3.63, 3.8) is 0 Å². The Labute approximate surface area is 157 Å². The third-order valence-electron chi connectivity index (χ3n) is 3.32. The van der Waals surface area contributed by atoms with Crippen LogP contribution in [-0.4, -0.2) is 20.2 Å². The number of carbonyl (C=O) groups is 1. The SMILES string of the molecule is C=C(Sc1cc(-n2c(=O)cc(C(F)(F)F)n(C)c2=O)c(F)cc1Cl)C(=O)O. The van der Waals surface area contributed by atoms with E-state index in [2.05, 4.69) is 6.58 Å². The Kier molecular flexibility index (Phi) is 5.57. The van der Waals surface area contributed by atoms with Crippen molar-refractivity contribution in [2.45, 2.75) is 11.1 Å². The molecule has 1 heterocycles. The Bertz CT molecular complexity index is 1080. The summed E-state index contributed by atoms with van der Waals surface area (Å²) in [7, 11) is 0.775. The van der Waals surface area contributed by atoms with Gasteiger partial charge in [-0.25, -0.2) is 18.5 Å². The van der Waals surface area contributed by atoms with Crippen LogP contribution in [0.2, 0.25) is 5.02 Å². The second kappa shape index (κ2) is 7.24. The lowest BCUT2D eigenvalue weighted by Crippen LogP contribution is -2.41. The van der Waals surface area contributed by atoms with Crippen LogP contribution in [0.4, 0.5) is 17.6 Å². The molecule has 1 N–H and O–H groups in total. The minimum atomic E-state index is -4.97. The molecule has 27 heavy (non-hydrogen) atoms. The second-order valence-corrected chi connectivity index (χ2v) is 6.65. The Balaban J connectivity index is 2.74. The van der Waals surface area contributed by atoms with Crippen LogP contribution in [0.25, 0.3) is 5.69 Å². The van der Waals surface area contributed by atoms with Crippen molar-refractivity contribution in [2.24, 2.45) is 7.05 Å². The van der Waals surface area contributed by atoms with Gasteiger partial charge in [0.2, 0.25) is 0 Å². The Morgan fingerprint density at radius 2 is 1.85 bits per heavy atom. The molecule has 0 radical (unpaired) electrons. The van der Waals surface area contributed by atoms with Gasteiger partial charge in [-0.15, -0.1) is 0 Å². The van der Waals surface area contributed by atoms with E-state index in [1.165, 1.54) is 0 Å². The van der Waals surface area contributed by atoms with E-state index < -0.39 is 40.6 Å². The molecule has 12 heteroatoms. The second-order valence-electron chi connectivity index (χ2n) is 5.11. The number of hydrogen-bond acceptors (Lipinski definition) is 4. The topological polar surface area (TPSA) is 81.3 Å². The van der Waals surface area contributed by atoms with Crippen LogP contribution in [0.1, 0.15) is 5.69 Å². The highest BCUT2D eigenvalue weighted by Crippen LogP contribution is 2.34. The monoisotopic (exact) mass is 424 g/mol. The van der Waals surface area contributed by atoms with E-state index in [4.69, 9.17) is 16.7 Å². The summed E-state index contributed by atoms with van der Waals surface area (Å²) in [5, 5.41) is 8.62.